The van der Waals surface area contributed by atoms with Crippen molar-refractivity contribution in [3.63, 3.8) is 0 Å². The molecule has 1 fully saturated rings. The van der Waals surface area contributed by atoms with Crippen molar-refractivity contribution in [3.05, 3.63) is 29.5 Å². The van der Waals surface area contributed by atoms with Crippen LogP contribution in [0.3, 0.4) is 0 Å². The van der Waals surface area contributed by atoms with Crippen LogP contribution >= 0.6 is 0 Å². The number of hydrogen-bond donors (Lipinski definition) is 1. The molecule has 9 heteroatoms. The van der Waals surface area contributed by atoms with Crippen molar-refractivity contribution in [1.29, 1.82) is 0 Å². The molecule has 28 heavy (non-hydrogen) atoms. The van der Waals surface area contributed by atoms with E-state index in [1.54, 1.807) is 10.9 Å². The summed E-state index contributed by atoms with van der Waals surface area (Å²) >= 11 is 0. The zero-order chi connectivity index (χ0) is 20.1. The highest BCUT2D eigenvalue weighted by Crippen LogP contribution is 2.45. The number of aryl methyl sites for hydroxylation is 3. The Morgan fingerprint density at radius 2 is 2.04 bits per heavy atom. The van der Waals surface area contributed by atoms with E-state index in [2.05, 4.69) is 20.4 Å². The van der Waals surface area contributed by atoms with Gasteiger partial charge >= 0.3 is 0 Å². The van der Waals surface area contributed by atoms with Crippen LogP contribution < -0.4 is 10.2 Å². The second-order valence-electron chi connectivity index (χ2n) is 7.69. The average Bonchev–Trinajstić information content (AvgIpc) is 3.08. The smallest absolute Gasteiger partial charge is 0.252 e. The standard InChI is InChI=1S/C19H24F2N6O/c1-4-14-18(28)25-16-11(2)23-15(24-17(16)26(14)3)6-5-12-9-22-27(10-12)13-7-19(20,21)8-13/h9-10,13-14H,4-8H2,1-3H3,(H,25,28)/t14-/m0/s1. The van der Waals surface area contributed by atoms with Crippen molar-refractivity contribution in [2.45, 2.75) is 64.0 Å². The number of amides is 1. The van der Waals surface area contributed by atoms with Crippen molar-refractivity contribution in [1.82, 2.24) is 19.7 Å². The summed E-state index contributed by atoms with van der Waals surface area (Å²) in [6.45, 7) is 3.83. The summed E-state index contributed by atoms with van der Waals surface area (Å²) in [6.07, 6.45) is 5.26. The van der Waals surface area contributed by atoms with Gasteiger partial charge in [-0.15, -0.1) is 0 Å². The lowest BCUT2D eigenvalue weighted by atomic mass is 9.88. The molecule has 0 aromatic carbocycles. The Kier molecular flexibility index (Phi) is 4.55. The third-order valence-electron chi connectivity index (χ3n) is 5.59. The summed E-state index contributed by atoms with van der Waals surface area (Å²) in [6, 6.07) is -0.456. The highest BCUT2D eigenvalue weighted by molar-refractivity contribution is 6.03. The normalized spacial score (nSPS) is 21.2. The molecule has 2 aliphatic rings. The Morgan fingerprint density at radius 3 is 2.71 bits per heavy atom. The highest BCUT2D eigenvalue weighted by atomic mass is 19.3. The molecule has 150 valence electrons. The number of hydrogen-bond acceptors (Lipinski definition) is 5. The number of halogens is 2. The molecule has 1 amide bonds. The van der Waals surface area contributed by atoms with Gasteiger partial charge in [-0.2, -0.15) is 5.10 Å². The second kappa shape index (κ2) is 6.79. The van der Waals surface area contributed by atoms with Crippen LogP contribution in [-0.2, 0) is 17.6 Å². The van der Waals surface area contributed by atoms with E-state index in [-0.39, 0.29) is 30.8 Å². The van der Waals surface area contributed by atoms with E-state index in [0.717, 1.165) is 17.1 Å². The Bertz CT molecular complexity index is 904. The van der Waals surface area contributed by atoms with Crippen molar-refractivity contribution in [3.8, 4) is 0 Å². The number of alkyl halides is 2. The third kappa shape index (κ3) is 3.33. The molecular formula is C19H24F2N6O. The molecular weight excluding hydrogens is 366 g/mol. The van der Waals surface area contributed by atoms with Gasteiger partial charge in [-0.25, -0.2) is 18.7 Å². The molecule has 0 spiro atoms. The predicted octanol–water partition coefficient (Wildman–Crippen LogP) is 2.90. The number of anilines is 2. The van der Waals surface area contributed by atoms with E-state index in [1.165, 1.54) is 0 Å². The second-order valence-corrected chi connectivity index (χ2v) is 7.69. The fraction of sp³-hybridized carbons (Fsp3) is 0.579. The Balaban J connectivity index is 1.46. The highest BCUT2D eigenvalue weighted by Gasteiger charge is 2.46. The summed E-state index contributed by atoms with van der Waals surface area (Å²) in [7, 11) is 1.88. The number of carbonyl (C=O) groups excluding carboxylic acids is 1. The van der Waals surface area contributed by atoms with Crippen molar-refractivity contribution < 1.29 is 13.6 Å². The first-order valence-electron chi connectivity index (χ1n) is 9.59. The number of likely N-dealkylation sites (N-methyl/N-ethyl adjacent to an activating group) is 1. The summed E-state index contributed by atoms with van der Waals surface area (Å²) in [5.41, 5.74) is 2.38. The third-order valence-corrected chi connectivity index (χ3v) is 5.59. The zero-order valence-corrected chi connectivity index (χ0v) is 16.2. The molecule has 1 saturated carbocycles. The first-order chi connectivity index (χ1) is 13.3. The van der Waals surface area contributed by atoms with Crippen LogP contribution in [0.25, 0.3) is 0 Å². The summed E-state index contributed by atoms with van der Waals surface area (Å²) in [4.78, 5) is 23.3. The minimum absolute atomic E-state index is 0.0362. The fourth-order valence-electron chi connectivity index (χ4n) is 3.90. The van der Waals surface area contributed by atoms with Crippen LogP contribution in [0.15, 0.2) is 12.4 Å². The van der Waals surface area contributed by atoms with Gasteiger partial charge in [0.1, 0.15) is 17.6 Å². The van der Waals surface area contributed by atoms with Gasteiger partial charge < -0.3 is 10.2 Å². The van der Waals surface area contributed by atoms with Crippen LogP contribution in [0.2, 0.25) is 0 Å². The monoisotopic (exact) mass is 390 g/mol. The van der Waals surface area contributed by atoms with Crippen molar-refractivity contribution >= 4 is 17.4 Å². The minimum atomic E-state index is -2.55. The first kappa shape index (κ1) is 18.8. The molecule has 0 saturated heterocycles. The molecule has 0 radical (unpaired) electrons. The molecule has 1 aliphatic carbocycles. The SMILES string of the molecule is CC[C@H]1C(=O)Nc2c(C)nc(CCc3cnn(C4CC(F)(F)C4)c3)nc2N1C. The number of nitrogens with zero attached hydrogens (tertiary/aromatic N) is 5. The van der Waals surface area contributed by atoms with Gasteiger partial charge in [0.15, 0.2) is 5.82 Å². The van der Waals surface area contributed by atoms with Gasteiger partial charge in [-0.05, 0) is 25.3 Å². The number of nitrogens with one attached hydrogen (secondary N) is 1. The van der Waals surface area contributed by atoms with Crippen LogP contribution in [0.1, 0.15) is 49.3 Å². The van der Waals surface area contributed by atoms with Gasteiger partial charge in [0.25, 0.3) is 5.92 Å². The van der Waals surface area contributed by atoms with E-state index in [4.69, 9.17) is 0 Å². The molecule has 1 N–H and O–H groups in total. The van der Waals surface area contributed by atoms with E-state index in [1.807, 2.05) is 32.0 Å². The van der Waals surface area contributed by atoms with Crippen LogP contribution in [0.5, 0.6) is 0 Å². The lowest BCUT2D eigenvalue weighted by Gasteiger charge is -2.34. The van der Waals surface area contributed by atoms with E-state index < -0.39 is 5.92 Å². The number of carbonyl (C=O) groups is 1. The molecule has 4 rings (SSSR count). The largest absolute Gasteiger partial charge is 0.346 e. The summed E-state index contributed by atoms with van der Waals surface area (Å²) < 4.78 is 27.7. The Hall–Kier alpha value is -2.58. The molecule has 1 atom stereocenters. The maximum atomic E-state index is 13.0. The molecule has 2 aromatic heterocycles. The average molecular weight is 390 g/mol. The zero-order valence-electron chi connectivity index (χ0n) is 16.2. The molecule has 2 aromatic rings. The summed E-state index contributed by atoms with van der Waals surface area (Å²) in [5, 5.41) is 7.15. The quantitative estimate of drug-likeness (QED) is 0.850. The fourth-order valence-corrected chi connectivity index (χ4v) is 3.90. The molecule has 0 unspecified atom stereocenters. The summed E-state index contributed by atoms with van der Waals surface area (Å²) in [5.74, 6) is -1.16. The maximum Gasteiger partial charge on any atom is 0.252 e. The first-order valence-corrected chi connectivity index (χ1v) is 9.59. The van der Waals surface area contributed by atoms with Crippen molar-refractivity contribution in [2.24, 2.45) is 0 Å². The van der Waals surface area contributed by atoms with E-state index in [9.17, 15) is 13.6 Å². The maximum absolute atomic E-state index is 13.0. The Labute approximate surface area is 162 Å². The Morgan fingerprint density at radius 1 is 1.29 bits per heavy atom. The van der Waals surface area contributed by atoms with Crippen molar-refractivity contribution in [2.75, 3.05) is 17.3 Å². The van der Waals surface area contributed by atoms with Crippen LogP contribution in [0.4, 0.5) is 20.3 Å². The lowest BCUT2D eigenvalue weighted by Crippen LogP contribution is -2.46. The van der Waals surface area contributed by atoms with Gasteiger partial charge in [-0.1, -0.05) is 6.92 Å². The number of aromatic nitrogens is 4. The molecule has 1 aliphatic heterocycles. The van der Waals surface area contributed by atoms with Gasteiger partial charge in [-0.3, -0.25) is 9.48 Å². The van der Waals surface area contributed by atoms with E-state index >= 15 is 0 Å². The minimum Gasteiger partial charge on any atom is -0.346 e. The van der Waals surface area contributed by atoms with E-state index in [0.29, 0.717) is 30.8 Å². The molecule has 0 bridgehead atoms. The topological polar surface area (TPSA) is 75.9 Å². The number of fused-ring (bicyclic) bond motifs is 1. The van der Waals surface area contributed by atoms with Gasteiger partial charge in [0.05, 0.1) is 17.9 Å². The van der Waals surface area contributed by atoms with Gasteiger partial charge in [0.2, 0.25) is 5.91 Å². The van der Waals surface area contributed by atoms with Gasteiger partial charge in [0, 0.05) is 32.5 Å². The van der Waals surface area contributed by atoms with Crippen LogP contribution in [0, 0.1) is 6.92 Å². The van der Waals surface area contributed by atoms with Crippen LogP contribution in [-0.4, -0.2) is 44.7 Å². The lowest BCUT2D eigenvalue weighted by molar-refractivity contribution is -0.117. The molecule has 7 nitrogen and oxygen atoms in total. The molecule has 3 heterocycles. The predicted molar refractivity (Wildman–Crippen MR) is 101 cm³/mol. The number of rotatable bonds is 5.